The van der Waals surface area contributed by atoms with E-state index in [0.29, 0.717) is 18.3 Å². The molecule has 2 unspecified atom stereocenters. The van der Waals surface area contributed by atoms with Crippen molar-refractivity contribution >= 4 is 5.91 Å². The number of carbonyl (C=O) groups excluding carboxylic acids is 1. The minimum atomic E-state index is -0.0718. The molecule has 2 N–H and O–H groups in total. The largest absolute Gasteiger partial charge is 0.481 e. The quantitative estimate of drug-likeness (QED) is 0.853. The summed E-state index contributed by atoms with van der Waals surface area (Å²) in [5.41, 5.74) is 0.990. The SMILES string of the molecule is COc1cc(CNC(=O)C2NCCCC2C)ccn1. The van der Waals surface area contributed by atoms with Crippen LogP contribution in [0.1, 0.15) is 25.3 Å². The van der Waals surface area contributed by atoms with Gasteiger partial charge < -0.3 is 15.4 Å². The lowest BCUT2D eigenvalue weighted by atomic mass is 9.92. The Morgan fingerprint density at radius 2 is 2.47 bits per heavy atom. The van der Waals surface area contributed by atoms with Gasteiger partial charge in [0.15, 0.2) is 0 Å². The van der Waals surface area contributed by atoms with E-state index in [2.05, 4.69) is 22.5 Å². The second-order valence-corrected chi connectivity index (χ2v) is 4.98. The monoisotopic (exact) mass is 263 g/mol. The van der Waals surface area contributed by atoms with Crippen LogP contribution in [-0.2, 0) is 11.3 Å². The first-order chi connectivity index (χ1) is 9.20. The van der Waals surface area contributed by atoms with Crippen molar-refractivity contribution in [3.05, 3.63) is 23.9 Å². The van der Waals surface area contributed by atoms with Crippen molar-refractivity contribution in [3.63, 3.8) is 0 Å². The van der Waals surface area contributed by atoms with E-state index in [1.807, 2.05) is 12.1 Å². The number of piperidine rings is 1. The van der Waals surface area contributed by atoms with E-state index in [4.69, 9.17) is 4.74 Å². The van der Waals surface area contributed by atoms with Crippen molar-refractivity contribution in [3.8, 4) is 5.88 Å². The van der Waals surface area contributed by atoms with Gasteiger partial charge in [-0.2, -0.15) is 0 Å². The minimum Gasteiger partial charge on any atom is -0.481 e. The van der Waals surface area contributed by atoms with Gasteiger partial charge in [-0.25, -0.2) is 4.98 Å². The fourth-order valence-corrected chi connectivity index (χ4v) is 2.37. The average Bonchev–Trinajstić information content (AvgIpc) is 2.45. The fourth-order valence-electron chi connectivity index (χ4n) is 2.37. The van der Waals surface area contributed by atoms with Gasteiger partial charge in [0.1, 0.15) is 0 Å². The zero-order valence-corrected chi connectivity index (χ0v) is 11.5. The molecular formula is C14H21N3O2. The van der Waals surface area contributed by atoms with Crippen LogP contribution >= 0.6 is 0 Å². The van der Waals surface area contributed by atoms with Crippen LogP contribution in [0.25, 0.3) is 0 Å². The molecule has 1 aliphatic heterocycles. The van der Waals surface area contributed by atoms with Crippen molar-refractivity contribution in [2.24, 2.45) is 5.92 Å². The lowest BCUT2D eigenvalue weighted by Crippen LogP contribution is -2.50. The molecule has 5 nitrogen and oxygen atoms in total. The fraction of sp³-hybridized carbons (Fsp3) is 0.571. The highest BCUT2D eigenvalue weighted by Gasteiger charge is 2.26. The van der Waals surface area contributed by atoms with Crippen molar-refractivity contribution in [1.82, 2.24) is 15.6 Å². The summed E-state index contributed by atoms with van der Waals surface area (Å²) in [4.78, 5) is 16.2. The van der Waals surface area contributed by atoms with Gasteiger partial charge in [-0.15, -0.1) is 0 Å². The third-order valence-corrected chi connectivity index (χ3v) is 3.53. The van der Waals surface area contributed by atoms with Crippen LogP contribution in [0.5, 0.6) is 5.88 Å². The summed E-state index contributed by atoms with van der Waals surface area (Å²) in [6.07, 6.45) is 3.93. The number of aromatic nitrogens is 1. The molecule has 0 spiro atoms. The standard InChI is InChI=1S/C14H21N3O2/c1-10-4-3-6-16-13(10)14(18)17-9-11-5-7-15-12(8-11)19-2/h5,7-8,10,13,16H,3-4,6,9H2,1-2H3,(H,17,18). The van der Waals surface area contributed by atoms with Gasteiger partial charge in [0.05, 0.1) is 13.2 Å². The highest BCUT2D eigenvalue weighted by atomic mass is 16.5. The number of carbonyl (C=O) groups is 1. The van der Waals surface area contributed by atoms with Crippen molar-refractivity contribution in [2.45, 2.75) is 32.4 Å². The van der Waals surface area contributed by atoms with Crippen molar-refractivity contribution in [1.29, 1.82) is 0 Å². The first-order valence-corrected chi connectivity index (χ1v) is 6.70. The Morgan fingerprint density at radius 1 is 1.63 bits per heavy atom. The molecule has 104 valence electrons. The molecule has 0 aliphatic carbocycles. The van der Waals surface area contributed by atoms with Crippen LogP contribution in [-0.4, -0.2) is 30.6 Å². The molecule has 0 aromatic carbocycles. The van der Waals surface area contributed by atoms with Gasteiger partial charge in [0.2, 0.25) is 11.8 Å². The first kappa shape index (κ1) is 13.8. The molecule has 5 heteroatoms. The van der Waals surface area contributed by atoms with E-state index in [1.54, 1.807) is 13.3 Å². The molecule has 1 aromatic rings. The van der Waals surface area contributed by atoms with Gasteiger partial charge in [-0.1, -0.05) is 6.92 Å². The first-order valence-electron chi connectivity index (χ1n) is 6.70. The topological polar surface area (TPSA) is 63.2 Å². The maximum Gasteiger partial charge on any atom is 0.237 e. The van der Waals surface area contributed by atoms with Crippen molar-refractivity contribution < 1.29 is 9.53 Å². The lowest BCUT2D eigenvalue weighted by molar-refractivity contribution is -0.125. The number of pyridine rings is 1. The smallest absolute Gasteiger partial charge is 0.237 e. The lowest BCUT2D eigenvalue weighted by Gasteiger charge is -2.28. The summed E-state index contributed by atoms with van der Waals surface area (Å²) < 4.78 is 5.06. The van der Waals surface area contributed by atoms with Gasteiger partial charge >= 0.3 is 0 Å². The Balaban J connectivity index is 1.88. The van der Waals surface area contributed by atoms with E-state index in [-0.39, 0.29) is 11.9 Å². The molecule has 1 aromatic heterocycles. The van der Waals surface area contributed by atoms with E-state index in [0.717, 1.165) is 24.9 Å². The number of nitrogens with one attached hydrogen (secondary N) is 2. The number of hydrogen-bond donors (Lipinski definition) is 2. The molecule has 1 amide bonds. The molecule has 1 aliphatic rings. The molecule has 0 saturated carbocycles. The summed E-state index contributed by atoms with van der Waals surface area (Å²) in [6.45, 7) is 3.54. The van der Waals surface area contributed by atoms with Crippen molar-refractivity contribution in [2.75, 3.05) is 13.7 Å². The van der Waals surface area contributed by atoms with Crippen LogP contribution < -0.4 is 15.4 Å². The third-order valence-electron chi connectivity index (χ3n) is 3.53. The van der Waals surface area contributed by atoms with Crippen LogP contribution in [0.15, 0.2) is 18.3 Å². The molecular weight excluding hydrogens is 242 g/mol. The minimum absolute atomic E-state index is 0.0718. The number of rotatable bonds is 4. The third kappa shape index (κ3) is 3.67. The summed E-state index contributed by atoms with van der Waals surface area (Å²) in [5.74, 6) is 1.03. The normalized spacial score (nSPS) is 22.8. The Morgan fingerprint density at radius 3 is 3.21 bits per heavy atom. The maximum atomic E-state index is 12.1. The zero-order valence-electron chi connectivity index (χ0n) is 11.5. The van der Waals surface area contributed by atoms with Crippen LogP contribution in [0.4, 0.5) is 0 Å². The Bertz CT molecular complexity index is 436. The molecule has 0 radical (unpaired) electrons. The van der Waals surface area contributed by atoms with Gasteiger partial charge in [0.25, 0.3) is 0 Å². The molecule has 1 fully saturated rings. The number of amides is 1. The predicted octanol–water partition coefficient (Wildman–Crippen LogP) is 1.09. The number of methoxy groups -OCH3 is 1. The zero-order chi connectivity index (χ0) is 13.7. The van der Waals surface area contributed by atoms with E-state index < -0.39 is 0 Å². The average molecular weight is 263 g/mol. The van der Waals surface area contributed by atoms with E-state index >= 15 is 0 Å². The number of ether oxygens (including phenoxy) is 1. The maximum absolute atomic E-state index is 12.1. The van der Waals surface area contributed by atoms with Crippen LogP contribution in [0.2, 0.25) is 0 Å². The molecule has 2 rings (SSSR count). The van der Waals surface area contributed by atoms with Gasteiger partial charge in [0, 0.05) is 18.8 Å². The summed E-state index contributed by atoms with van der Waals surface area (Å²) in [5, 5.41) is 6.24. The van der Waals surface area contributed by atoms with Crippen LogP contribution in [0.3, 0.4) is 0 Å². The molecule has 0 bridgehead atoms. The highest BCUT2D eigenvalue weighted by Crippen LogP contribution is 2.15. The summed E-state index contributed by atoms with van der Waals surface area (Å²) in [6, 6.07) is 3.64. The molecule has 1 saturated heterocycles. The molecule has 2 atom stereocenters. The van der Waals surface area contributed by atoms with E-state index in [9.17, 15) is 4.79 Å². The van der Waals surface area contributed by atoms with Gasteiger partial charge in [-0.3, -0.25) is 4.79 Å². The Labute approximate surface area is 113 Å². The predicted molar refractivity (Wildman–Crippen MR) is 72.8 cm³/mol. The van der Waals surface area contributed by atoms with E-state index in [1.165, 1.54) is 0 Å². The second-order valence-electron chi connectivity index (χ2n) is 4.98. The molecule has 2 heterocycles. The number of nitrogens with zero attached hydrogens (tertiary/aromatic N) is 1. The van der Waals surface area contributed by atoms with Crippen LogP contribution in [0, 0.1) is 5.92 Å². The second kappa shape index (κ2) is 6.52. The Hall–Kier alpha value is -1.62. The van der Waals surface area contributed by atoms with Gasteiger partial charge in [-0.05, 0) is 36.9 Å². The Kier molecular flexibility index (Phi) is 4.74. The molecule has 19 heavy (non-hydrogen) atoms. The number of hydrogen-bond acceptors (Lipinski definition) is 4. The highest BCUT2D eigenvalue weighted by molar-refractivity contribution is 5.82. The summed E-state index contributed by atoms with van der Waals surface area (Å²) >= 11 is 0. The summed E-state index contributed by atoms with van der Waals surface area (Å²) in [7, 11) is 1.58.